The smallest absolute Gasteiger partial charge is 0.460 e. The van der Waals surface area contributed by atoms with Crippen LogP contribution in [0.5, 0.6) is 5.75 Å². The molecule has 12 heteroatoms. The second-order valence-electron chi connectivity index (χ2n) is 5.59. The third-order valence-electron chi connectivity index (χ3n) is 3.69. The summed E-state index contributed by atoms with van der Waals surface area (Å²) in [7, 11) is 1.33. The van der Waals surface area contributed by atoms with Gasteiger partial charge in [0, 0.05) is 5.56 Å². The summed E-state index contributed by atoms with van der Waals surface area (Å²) in [5.74, 6) is -14.3. The van der Waals surface area contributed by atoms with E-state index in [9.17, 15) is 35.5 Å². The standard InChI is InChI=1S/C16H12F7N3O2/c1-7(27)10-11(8-3-5-9(28-2)6-4-8)25-13(24)26-12(10)14(17,18)15(19,20)16(21,22)23/h3-6H,1-2H3,(H2,24,25,26). The van der Waals surface area contributed by atoms with Crippen molar-refractivity contribution in [2.75, 3.05) is 12.8 Å². The molecule has 0 amide bonds. The number of nitrogens with zero attached hydrogens (tertiary/aromatic N) is 2. The Morgan fingerprint density at radius 2 is 1.54 bits per heavy atom. The minimum atomic E-state index is -6.61. The molecule has 0 fully saturated rings. The Balaban J connectivity index is 2.82. The van der Waals surface area contributed by atoms with E-state index in [0.717, 1.165) is 0 Å². The van der Waals surface area contributed by atoms with E-state index < -0.39 is 46.7 Å². The fourth-order valence-electron chi connectivity index (χ4n) is 2.32. The Kier molecular flexibility index (Phi) is 5.28. The highest BCUT2D eigenvalue weighted by Gasteiger charge is 2.75. The molecule has 0 unspecified atom stereocenters. The van der Waals surface area contributed by atoms with Crippen LogP contribution in [-0.4, -0.2) is 35.0 Å². The summed E-state index contributed by atoms with van der Waals surface area (Å²) in [6.07, 6.45) is -6.61. The Hall–Kier alpha value is -2.92. The highest BCUT2D eigenvalue weighted by Crippen LogP contribution is 2.52. The zero-order valence-corrected chi connectivity index (χ0v) is 14.2. The van der Waals surface area contributed by atoms with E-state index in [1.54, 1.807) is 0 Å². The van der Waals surface area contributed by atoms with Gasteiger partial charge in [0.05, 0.1) is 18.4 Å². The van der Waals surface area contributed by atoms with Crippen molar-refractivity contribution in [2.45, 2.75) is 24.9 Å². The first-order valence-corrected chi connectivity index (χ1v) is 7.39. The molecule has 28 heavy (non-hydrogen) atoms. The van der Waals surface area contributed by atoms with Crippen molar-refractivity contribution in [3.05, 3.63) is 35.5 Å². The number of nitrogens with two attached hydrogens (primary N) is 1. The first-order valence-electron chi connectivity index (χ1n) is 7.39. The monoisotopic (exact) mass is 411 g/mol. The third-order valence-corrected chi connectivity index (χ3v) is 3.69. The van der Waals surface area contributed by atoms with Gasteiger partial charge in [0.25, 0.3) is 0 Å². The van der Waals surface area contributed by atoms with Crippen LogP contribution in [0.25, 0.3) is 11.3 Å². The number of halogens is 7. The number of aromatic nitrogens is 2. The number of methoxy groups -OCH3 is 1. The number of hydrogen-bond acceptors (Lipinski definition) is 5. The topological polar surface area (TPSA) is 78.1 Å². The molecule has 0 atom stereocenters. The zero-order chi connectivity index (χ0) is 21.5. The van der Waals surface area contributed by atoms with E-state index in [-0.39, 0.29) is 5.56 Å². The van der Waals surface area contributed by atoms with E-state index in [0.29, 0.717) is 12.7 Å². The lowest BCUT2D eigenvalue weighted by Gasteiger charge is -2.29. The summed E-state index contributed by atoms with van der Waals surface area (Å²) in [5, 5.41) is 0. The van der Waals surface area contributed by atoms with Crippen LogP contribution in [-0.2, 0) is 5.92 Å². The van der Waals surface area contributed by atoms with Gasteiger partial charge in [-0.25, -0.2) is 9.97 Å². The molecule has 1 aromatic heterocycles. The molecule has 1 heterocycles. The maximum Gasteiger partial charge on any atom is 0.460 e. The zero-order valence-electron chi connectivity index (χ0n) is 14.2. The first-order chi connectivity index (χ1) is 12.7. The van der Waals surface area contributed by atoms with Crippen molar-refractivity contribution in [2.24, 2.45) is 0 Å². The Bertz CT molecular complexity index is 896. The van der Waals surface area contributed by atoms with Crippen molar-refractivity contribution in [1.29, 1.82) is 0 Å². The molecule has 0 aliphatic heterocycles. The predicted octanol–water partition coefficient (Wildman–Crippen LogP) is 4.23. The second-order valence-corrected chi connectivity index (χ2v) is 5.59. The predicted molar refractivity (Wildman–Crippen MR) is 83.3 cm³/mol. The minimum Gasteiger partial charge on any atom is -0.497 e. The van der Waals surface area contributed by atoms with E-state index in [4.69, 9.17) is 10.5 Å². The molecule has 5 nitrogen and oxygen atoms in total. The molecule has 152 valence electrons. The van der Waals surface area contributed by atoms with Gasteiger partial charge in [-0.2, -0.15) is 30.7 Å². The van der Waals surface area contributed by atoms with Crippen LogP contribution < -0.4 is 10.5 Å². The number of hydrogen-bond donors (Lipinski definition) is 1. The highest BCUT2D eigenvalue weighted by molar-refractivity contribution is 6.01. The highest BCUT2D eigenvalue weighted by atomic mass is 19.4. The van der Waals surface area contributed by atoms with Gasteiger partial charge in [-0.1, -0.05) is 0 Å². The number of nitrogen functional groups attached to an aromatic ring is 1. The number of anilines is 1. The second kappa shape index (κ2) is 6.91. The maximum atomic E-state index is 14.3. The van der Waals surface area contributed by atoms with Gasteiger partial charge >= 0.3 is 18.0 Å². The molecular formula is C16H12F7N3O2. The largest absolute Gasteiger partial charge is 0.497 e. The number of ether oxygens (including phenoxy) is 1. The average molecular weight is 411 g/mol. The van der Waals surface area contributed by atoms with Crippen LogP contribution in [0.2, 0.25) is 0 Å². The number of ketones is 1. The molecule has 0 radical (unpaired) electrons. The Morgan fingerprint density at radius 1 is 1.00 bits per heavy atom. The van der Waals surface area contributed by atoms with Gasteiger partial charge in [-0.05, 0) is 31.2 Å². The SMILES string of the molecule is COc1ccc(-c2nc(N)nc(C(F)(F)C(F)(F)C(F)(F)F)c2C(C)=O)cc1. The summed E-state index contributed by atoms with van der Waals surface area (Å²) in [4.78, 5) is 18.4. The van der Waals surface area contributed by atoms with Crippen LogP contribution in [0.4, 0.5) is 36.7 Å². The summed E-state index contributed by atoms with van der Waals surface area (Å²) >= 11 is 0. The van der Waals surface area contributed by atoms with E-state index >= 15 is 0 Å². The van der Waals surface area contributed by atoms with Crippen molar-refractivity contribution in [3.8, 4) is 17.0 Å². The molecule has 1 aromatic carbocycles. The lowest BCUT2D eigenvalue weighted by atomic mass is 9.95. The summed E-state index contributed by atoms with van der Waals surface area (Å²) in [6, 6.07) is 5.13. The van der Waals surface area contributed by atoms with Crippen LogP contribution in [0.1, 0.15) is 23.0 Å². The first kappa shape index (κ1) is 21.4. The lowest BCUT2D eigenvalue weighted by Crippen LogP contribution is -2.51. The molecule has 0 aliphatic rings. The van der Waals surface area contributed by atoms with E-state index in [1.165, 1.54) is 31.4 Å². The summed E-state index contributed by atoms with van der Waals surface area (Å²) in [6.45, 7) is 0.702. The van der Waals surface area contributed by atoms with E-state index in [1.807, 2.05) is 0 Å². The molecule has 2 N–H and O–H groups in total. The van der Waals surface area contributed by atoms with E-state index in [2.05, 4.69) is 9.97 Å². The van der Waals surface area contributed by atoms with Crippen LogP contribution in [0.15, 0.2) is 24.3 Å². The fraction of sp³-hybridized carbons (Fsp3) is 0.312. The molecule has 2 aromatic rings. The van der Waals surface area contributed by atoms with Gasteiger partial charge in [0.15, 0.2) is 5.78 Å². The van der Waals surface area contributed by atoms with Gasteiger partial charge in [0.2, 0.25) is 5.95 Å². The van der Waals surface area contributed by atoms with Crippen LogP contribution >= 0.6 is 0 Å². The number of alkyl halides is 7. The van der Waals surface area contributed by atoms with Crippen molar-refractivity contribution >= 4 is 11.7 Å². The van der Waals surface area contributed by atoms with Crippen molar-refractivity contribution < 1.29 is 40.3 Å². The van der Waals surface area contributed by atoms with Crippen molar-refractivity contribution in [1.82, 2.24) is 9.97 Å². The summed E-state index contributed by atoms with van der Waals surface area (Å²) in [5.41, 5.74) is 1.28. The molecule has 2 rings (SSSR count). The molecule has 0 bridgehead atoms. The molecule has 0 aliphatic carbocycles. The normalized spacial score (nSPS) is 12.8. The molecular weight excluding hydrogens is 399 g/mol. The quantitative estimate of drug-likeness (QED) is 0.589. The number of carbonyl (C=O) groups is 1. The third kappa shape index (κ3) is 3.45. The Morgan fingerprint density at radius 3 is 1.96 bits per heavy atom. The maximum absolute atomic E-state index is 14.3. The Labute approximate surface area is 153 Å². The minimum absolute atomic E-state index is 0.0486. The molecule has 0 saturated heterocycles. The van der Waals surface area contributed by atoms with Crippen LogP contribution in [0.3, 0.4) is 0 Å². The average Bonchev–Trinajstić information content (AvgIpc) is 2.59. The van der Waals surface area contributed by atoms with Gasteiger partial charge in [-0.3, -0.25) is 4.79 Å². The fourth-order valence-corrected chi connectivity index (χ4v) is 2.32. The van der Waals surface area contributed by atoms with Gasteiger partial charge in [-0.15, -0.1) is 0 Å². The number of benzene rings is 1. The van der Waals surface area contributed by atoms with Crippen LogP contribution in [0, 0.1) is 0 Å². The number of Topliss-reactive ketones (excluding diaryl/α,β-unsaturated/α-hetero) is 1. The molecule has 0 spiro atoms. The molecule has 0 saturated carbocycles. The van der Waals surface area contributed by atoms with Crippen molar-refractivity contribution in [3.63, 3.8) is 0 Å². The lowest BCUT2D eigenvalue weighted by molar-refractivity contribution is -0.360. The van der Waals surface area contributed by atoms with Gasteiger partial charge in [0.1, 0.15) is 11.4 Å². The summed E-state index contributed by atoms with van der Waals surface area (Å²) < 4.78 is 98.1. The van der Waals surface area contributed by atoms with Gasteiger partial charge < -0.3 is 10.5 Å². The number of rotatable bonds is 5. The number of carbonyl (C=O) groups excluding carboxylic acids is 1.